The smallest absolute Gasteiger partial charge is 0.406 e. The average Bonchev–Trinajstić information content (AvgIpc) is 2.60. The van der Waals surface area contributed by atoms with Crippen LogP contribution in [-0.4, -0.2) is 35.6 Å². The molecule has 1 aromatic carbocycles. The van der Waals surface area contributed by atoms with E-state index in [9.17, 15) is 18.0 Å². The van der Waals surface area contributed by atoms with Gasteiger partial charge in [0, 0.05) is 18.8 Å². The van der Waals surface area contributed by atoms with Crippen molar-refractivity contribution in [3.63, 3.8) is 0 Å². The molecule has 2 rings (SSSR count). The van der Waals surface area contributed by atoms with Gasteiger partial charge in [-0.3, -0.25) is 9.78 Å². The number of ether oxygens (including phenoxy) is 1. The Kier molecular flexibility index (Phi) is 5.60. The van der Waals surface area contributed by atoms with E-state index in [0.29, 0.717) is 21.8 Å². The molecule has 8 heteroatoms. The van der Waals surface area contributed by atoms with E-state index < -0.39 is 18.6 Å². The Hall–Kier alpha value is -3.08. The summed E-state index contributed by atoms with van der Waals surface area (Å²) in [5, 5.41) is 8.77. The van der Waals surface area contributed by atoms with Crippen molar-refractivity contribution in [2.45, 2.75) is 12.7 Å². The minimum absolute atomic E-state index is 0.141. The number of methoxy groups -OCH3 is 1. The Morgan fingerprint density at radius 3 is 2.52 bits per heavy atom. The van der Waals surface area contributed by atoms with E-state index in [1.165, 1.54) is 49.7 Å². The molecule has 0 saturated carbocycles. The summed E-state index contributed by atoms with van der Waals surface area (Å²) in [5.41, 5.74) is 0.712. The summed E-state index contributed by atoms with van der Waals surface area (Å²) in [7, 11) is 1.38. The van der Waals surface area contributed by atoms with Crippen LogP contribution >= 0.6 is 0 Å². The molecule has 1 amide bonds. The maximum Gasteiger partial charge on any atom is 0.406 e. The third-order valence-electron chi connectivity index (χ3n) is 3.30. The second-order valence-electron chi connectivity index (χ2n) is 5.17. The highest BCUT2D eigenvalue weighted by Gasteiger charge is 2.33. The summed E-state index contributed by atoms with van der Waals surface area (Å²) in [5.74, 6) is -0.538. The zero-order valence-electron chi connectivity index (χ0n) is 13.2. The minimum Gasteiger partial charge on any atom is -0.497 e. The number of nitriles is 1. The van der Waals surface area contributed by atoms with Gasteiger partial charge in [0.25, 0.3) is 5.91 Å². The van der Waals surface area contributed by atoms with Gasteiger partial charge in [0.05, 0.1) is 18.7 Å². The van der Waals surface area contributed by atoms with Gasteiger partial charge in [-0.05, 0) is 23.8 Å². The van der Waals surface area contributed by atoms with Crippen LogP contribution in [0.15, 0.2) is 42.6 Å². The van der Waals surface area contributed by atoms with Gasteiger partial charge in [-0.2, -0.15) is 18.4 Å². The number of carbonyl (C=O) groups is 1. The number of aromatic nitrogens is 1. The largest absolute Gasteiger partial charge is 0.497 e. The van der Waals surface area contributed by atoms with Gasteiger partial charge in [-0.25, -0.2) is 0 Å². The third-order valence-corrected chi connectivity index (χ3v) is 3.30. The Labute approximate surface area is 142 Å². The van der Waals surface area contributed by atoms with Crippen LogP contribution in [0.25, 0.3) is 0 Å². The number of nitrogens with zero attached hydrogens (tertiary/aromatic N) is 3. The zero-order valence-corrected chi connectivity index (χ0v) is 13.2. The van der Waals surface area contributed by atoms with Crippen molar-refractivity contribution in [1.29, 1.82) is 5.26 Å². The maximum absolute atomic E-state index is 12.9. The molecule has 0 unspecified atom stereocenters. The van der Waals surface area contributed by atoms with Gasteiger partial charge in [0.15, 0.2) is 0 Å². The van der Waals surface area contributed by atoms with Gasteiger partial charge in [0.2, 0.25) is 0 Å². The summed E-state index contributed by atoms with van der Waals surface area (Å²) in [6.07, 6.45) is -3.26. The van der Waals surface area contributed by atoms with Crippen LogP contribution in [0.1, 0.15) is 21.6 Å². The lowest BCUT2D eigenvalue weighted by atomic mass is 10.1. The number of amides is 1. The molecule has 0 aliphatic heterocycles. The normalized spacial score (nSPS) is 10.8. The molecule has 0 bridgehead atoms. The van der Waals surface area contributed by atoms with Crippen molar-refractivity contribution in [1.82, 2.24) is 9.88 Å². The lowest BCUT2D eigenvalue weighted by molar-refractivity contribution is -0.141. The molecule has 2 aromatic rings. The van der Waals surface area contributed by atoms with Crippen LogP contribution in [-0.2, 0) is 6.54 Å². The van der Waals surface area contributed by atoms with Gasteiger partial charge in [0.1, 0.15) is 18.0 Å². The standard InChI is InChI=1S/C17H14F3N3O2/c1-25-14-6-7-22-15(8-14)16(24)23(11-17(18,19)20)10-13-4-2-12(9-21)3-5-13/h2-8H,10-11H2,1H3. The Morgan fingerprint density at radius 1 is 1.28 bits per heavy atom. The molecule has 1 aromatic heterocycles. The highest BCUT2D eigenvalue weighted by Crippen LogP contribution is 2.21. The molecule has 1 heterocycles. The highest BCUT2D eigenvalue weighted by atomic mass is 19.4. The van der Waals surface area contributed by atoms with E-state index in [0.717, 1.165) is 0 Å². The number of alkyl halides is 3. The molecule has 0 radical (unpaired) electrons. The first-order valence-corrected chi connectivity index (χ1v) is 7.17. The first-order chi connectivity index (χ1) is 11.8. The number of hydrogen-bond acceptors (Lipinski definition) is 4. The molecule has 0 N–H and O–H groups in total. The van der Waals surface area contributed by atoms with Gasteiger partial charge in [-0.1, -0.05) is 12.1 Å². The van der Waals surface area contributed by atoms with Crippen LogP contribution < -0.4 is 4.74 Å². The molecule has 5 nitrogen and oxygen atoms in total. The van der Waals surface area contributed by atoms with Crippen LogP contribution in [0.3, 0.4) is 0 Å². The van der Waals surface area contributed by atoms with Gasteiger partial charge >= 0.3 is 6.18 Å². The average molecular weight is 349 g/mol. The summed E-state index contributed by atoms with van der Waals surface area (Å²) in [6, 6.07) is 10.7. The molecule has 0 spiro atoms. The predicted molar refractivity (Wildman–Crippen MR) is 82.7 cm³/mol. The maximum atomic E-state index is 12.9. The Balaban J connectivity index is 2.27. The second-order valence-corrected chi connectivity index (χ2v) is 5.17. The van der Waals surface area contributed by atoms with E-state index in [1.54, 1.807) is 0 Å². The number of hydrogen-bond donors (Lipinski definition) is 0. The summed E-state index contributed by atoms with van der Waals surface area (Å²) in [6.45, 7) is -1.67. The highest BCUT2D eigenvalue weighted by molar-refractivity contribution is 5.92. The lowest BCUT2D eigenvalue weighted by Gasteiger charge is -2.24. The fourth-order valence-corrected chi connectivity index (χ4v) is 2.14. The summed E-state index contributed by atoms with van der Waals surface area (Å²) < 4.78 is 43.6. The van der Waals surface area contributed by atoms with Crippen molar-refractivity contribution in [3.8, 4) is 11.8 Å². The number of halogens is 3. The first kappa shape index (κ1) is 18.3. The third kappa shape index (κ3) is 5.21. The van der Waals surface area contributed by atoms with Crippen molar-refractivity contribution in [3.05, 3.63) is 59.4 Å². The monoisotopic (exact) mass is 349 g/mol. The SMILES string of the molecule is COc1ccnc(C(=O)N(Cc2ccc(C#N)cc2)CC(F)(F)F)c1. The first-order valence-electron chi connectivity index (χ1n) is 7.17. The molecule has 0 atom stereocenters. The second kappa shape index (κ2) is 7.66. The Bertz CT molecular complexity index is 783. The lowest BCUT2D eigenvalue weighted by Crippen LogP contribution is -2.38. The molecule has 25 heavy (non-hydrogen) atoms. The molecule has 0 aliphatic rings. The molecule has 130 valence electrons. The van der Waals surface area contributed by atoms with Crippen LogP contribution in [0, 0.1) is 11.3 Å². The molecule has 0 fully saturated rings. The summed E-state index contributed by atoms with van der Waals surface area (Å²) >= 11 is 0. The number of benzene rings is 1. The molecular weight excluding hydrogens is 335 g/mol. The fourth-order valence-electron chi connectivity index (χ4n) is 2.14. The number of carbonyl (C=O) groups excluding carboxylic acids is 1. The van der Waals surface area contributed by atoms with Crippen molar-refractivity contribution in [2.75, 3.05) is 13.7 Å². The zero-order chi connectivity index (χ0) is 18.4. The van der Waals surface area contributed by atoms with Crippen molar-refractivity contribution in [2.24, 2.45) is 0 Å². The van der Waals surface area contributed by atoms with E-state index in [4.69, 9.17) is 10.00 Å². The topological polar surface area (TPSA) is 66.2 Å². The number of pyridine rings is 1. The Morgan fingerprint density at radius 2 is 1.96 bits per heavy atom. The van der Waals surface area contributed by atoms with Crippen LogP contribution in [0.5, 0.6) is 5.75 Å². The number of rotatable bonds is 5. The van der Waals surface area contributed by atoms with E-state index >= 15 is 0 Å². The van der Waals surface area contributed by atoms with Crippen molar-refractivity contribution < 1.29 is 22.7 Å². The van der Waals surface area contributed by atoms with Crippen LogP contribution in [0.2, 0.25) is 0 Å². The van der Waals surface area contributed by atoms with Crippen molar-refractivity contribution >= 4 is 5.91 Å². The fraction of sp³-hybridized carbons (Fsp3) is 0.235. The van der Waals surface area contributed by atoms with E-state index in [2.05, 4.69) is 4.98 Å². The van der Waals surface area contributed by atoms with Gasteiger partial charge < -0.3 is 9.64 Å². The summed E-state index contributed by atoms with van der Waals surface area (Å²) in [4.78, 5) is 17.0. The predicted octanol–water partition coefficient (Wildman–Crippen LogP) is 3.17. The van der Waals surface area contributed by atoms with E-state index in [-0.39, 0.29) is 12.2 Å². The quantitative estimate of drug-likeness (QED) is 0.832. The van der Waals surface area contributed by atoms with E-state index in [1.807, 2.05) is 6.07 Å². The molecular formula is C17H14F3N3O2. The molecule has 0 aliphatic carbocycles. The van der Waals surface area contributed by atoms with Crippen LogP contribution in [0.4, 0.5) is 13.2 Å². The minimum atomic E-state index is -4.55. The molecule has 0 saturated heterocycles. The van der Waals surface area contributed by atoms with Gasteiger partial charge in [-0.15, -0.1) is 0 Å².